The molecule has 0 aliphatic heterocycles. The molecule has 0 radical (unpaired) electrons. The molecule has 0 N–H and O–H groups in total. The molecule has 0 fully saturated rings. The molecule has 0 saturated carbocycles. The molecule has 0 spiro atoms. The van der Waals surface area contributed by atoms with Crippen LogP contribution >= 0.6 is 11.6 Å². The van der Waals surface area contributed by atoms with Crippen LogP contribution in [-0.4, -0.2) is 28.3 Å². The Kier molecular flexibility index (Phi) is 3.67. The maximum atomic E-state index is 6.31. The van der Waals surface area contributed by atoms with Gasteiger partial charge < -0.3 is 4.74 Å². The molecule has 0 bridgehead atoms. The molecule has 0 aliphatic rings. The van der Waals surface area contributed by atoms with Crippen molar-refractivity contribution in [3.05, 3.63) is 53.4 Å². The molecule has 0 unspecified atom stereocenters. The summed E-state index contributed by atoms with van der Waals surface area (Å²) in [5.74, 6) is 0.897. The summed E-state index contributed by atoms with van der Waals surface area (Å²) in [6.45, 7) is 0.605. The van der Waals surface area contributed by atoms with Crippen LogP contribution in [0.1, 0.15) is 5.82 Å². The van der Waals surface area contributed by atoms with Gasteiger partial charge in [-0.1, -0.05) is 23.7 Å². The van der Waals surface area contributed by atoms with Crippen LogP contribution in [0.25, 0.3) is 16.9 Å². The Balaban J connectivity index is 2.23. The number of fused-ring (bicyclic) bond motifs is 1. The second kappa shape index (κ2) is 5.61. The largest absolute Gasteiger partial charge is 0.384 e. The zero-order valence-corrected chi connectivity index (χ0v) is 11.8. The third-order valence-electron chi connectivity index (χ3n) is 3.11. The Morgan fingerprint density at radius 3 is 2.85 bits per heavy atom. The Hall–Kier alpha value is -1.91. The van der Waals surface area contributed by atoms with Gasteiger partial charge in [0.1, 0.15) is 11.3 Å². The van der Waals surface area contributed by atoms with Crippen LogP contribution in [0.15, 0.2) is 42.6 Å². The summed E-state index contributed by atoms with van der Waals surface area (Å²) >= 11 is 6.31. The van der Waals surface area contributed by atoms with Crippen LogP contribution in [0.4, 0.5) is 0 Å². The van der Waals surface area contributed by atoms with E-state index in [-0.39, 0.29) is 0 Å². The van der Waals surface area contributed by atoms with Crippen molar-refractivity contribution in [1.82, 2.24) is 14.5 Å². The van der Waals surface area contributed by atoms with Gasteiger partial charge >= 0.3 is 0 Å². The van der Waals surface area contributed by atoms with Gasteiger partial charge in [-0.3, -0.25) is 4.57 Å². The maximum Gasteiger partial charge on any atom is 0.164 e. The summed E-state index contributed by atoms with van der Waals surface area (Å²) in [7, 11) is 1.68. The summed E-state index contributed by atoms with van der Waals surface area (Å²) < 4.78 is 7.15. The van der Waals surface area contributed by atoms with E-state index in [1.165, 1.54) is 0 Å². The van der Waals surface area contributed by atoms with Crippen LogP contribution in [0, 0.1) is 0 Å². The highest BCUT2D eigenvalue weighted by Crippen LogP contribution is 2.25. The fraction of sp³-hybridized carbons (Fsp3) is 0.200. The monoisotopic (exact) mass is 287 g/mol. The normalized spacial score (nSPS) is 11.1. The number of ether oxygens (including phenoxy) is 1. The van der Waals surface area contributed by atoms with Gasteiger partial charge in [-0.2, -0.15) is 0 Å². The molecule has 4 nitrogen and oxygen atoms in total. The van der Waals surface area contributed by atoms with Crippen molar-refractivity contribution in [2.24, 2.45) is 0 Å². The zero-order valence-electron chi connectivity index (χ0n) is 11.1. The first-order valence-corrected chi connectivity index (χ1v) is 6.75. The van der Waals surface area contributed by atoms with E-state index < -0.39 is 0 Å². The molecule has 1 aromatic carbocycles. The van der Waals surface area contributed by atoms with Crippen LogP contribution in [0.3, 0.4) is 0 Å². The fourth-order valence-corrected chi connectivity index (χ4v) is 2.43. The van der Waals surface area contributed by atoms with E-state index in [1.807, 2.05) is 41.0 Å². The van der Waals surface area contributed by atoms with E-state index in [2.05, 4.69) is 9.97 Å². The third kappa shape index (κ3) is 2.28. The molecule has 0 amide bonds. The number of para-hydroxylation sites is 1. The number of aromatic nitrogens is 3. The van der Waals surface area contributed by atoms with Crippen LogP contribution in [0.5, 0.6) is 0 Å². The van der Waals surface area contributed by atoms with Gasteiger partial charge in [0.15, 0.2) is 5.65 Å². The van der Waals surface area contributed by atoms with E-state index in [9.17, 15) is 0 Å². The molecule has 0 aliphatic carbocycles. The third-order valence-corrected chi connectivity index (χ3v) is 3.43. The van der Waals surface area contributed by atoms with Crippen LogP contribution in [0.2, 0.25) is 5.02 Å². The average molecular weight is 288 g/mol. The van der Waals surface area contributed by atoms with E-state index in [0.717, 1.165) is 22.7 Å². The van der Waals surface area contributed by atoms with Gasteiger partial charge in [0.2, 0.25) is 0 Å². The quantitative estimate of drug-likeness (QED) is 0.739. The Bertz CT molecular complexity index is 739. The summed E-state index contributed by atoms with van der Waals surface area (Å²) in [6, 6.07) is 11.5. The second-order valence-electron chi connectivity index (χ2n) is 4.40. The molecular weight excluding hydrogens is 274 g/mol. The number of pyridine rings is 1. The minimum absolute atomic E-state index is 0.605. The van der Waals surface area contributed by atoms with E-state index >= 15 is 0 Å². The molecular formula is C15H14ClN3O. The summed E-state index contributed by atoms with van der Waals surface area (Å²) in [5.41, 5.74) is 2.56. The van der Waals surface area contributed by atoms with Gasteiger partial charge in [-0.05, 0) is 24.3 Å². The highest BCUT2D eigenvalue weighted by Gasteiger charge is 2.14. The molecule has 5 heteroatoms. The standard InChI is InChI=1S/C15H14ClN3O/c1-20-10-8-14-18-12-6-4-9-17-15(12)19(14)13-7-3-2-5-11(13)16/h2-7,9H,8,10H2,1H3. The minimum Gasteiger partial charge on any atom is -0.384 e. The van der Waals surface area contributed by atoms with Gasteiger partial charge in [0.25, 0.3) is 0 Å². The Morgan fingerprint density at radius 2 is 2.05 bits per heavy atom. The number of benzene rings is 1. The number of nitrogens with zero attached hydrogens (tertiary/aromatic N) is 3. The summed E-state index contributed by atoms with van der Waals surface area (Å²) in [5, 5.41) is 0.677. The van der Waals surface area contributed by atoms with Gasteiger partial charge in [-0.25, -0.2) is 9.97 Å². The van der Waals surface area contributed by atoms with Crippen LogP contribution in [-0.2, 0) is 11.2 Å². The minimum atomic E-state index is 0.605. The lowest BCUT2D eigenvalue weighted by molar-refractivity contribution is 0.200. The number of imidazole rings is 1. The topological polar surface area (TPSA) is 39.9 Å². The molecule has 2 heterocycles. The number of methoxy groups -OCH3 is 1. The Morgan fingerprint density at radius 1 is 1.20 bits per heavy atom. The number of rotatable bonds is 4. The van der Waals surface area contributed by atoms with E-state index in [0.29, 0.717) is 18.1 Å². The SMILES string of the molecule is COCCc1nc2cccnc2n1-c1ccccc1Cl. The Labute approximate surface area is 122 Å². The van der Waals surface area contributed by atoms with Crippen molar-refractivity contribution in [3.8, 4) is 5.69 Å². The fourth-order valence-electron chi connectivity index (χ4n) is 2.21. The lowest BCUT2D eigenvalue weighted by Crippen LogP contribution is -2.05. The molecule has 3 rings (SSSR count). The first-order chi connectivity index (χ1) is 9.81. The number of hydrogen-bond acceptors (Lipinski definition) is 3. The smallest absolute Gasteiger partial charge is 0.164 e. The van der Waals surface area contributed by atoms with E-state index in [1.54, 1.807) is 13.3 Å². The first-order valence-electron chi connectivity index (χ1n) is 6.37. The molecule has 20 heavy (non-hydrogen) atoms. The van der Waals surface area contributed by atoms with Crippen molar-refractivity contribution in [3.63, 3.8) is 0 Å². The predicted octanol–water partition coefficient (Wildman–Crippen LogP) is 3.26. The van der Waals surface area contributed by atoms with Crippen molar-refractivity contribution < 1.29 is 4.74 Å². The average Bonchev–Trinajstić information content (AvgIpc) is 2.84. The van der Waals surface area contributed by atoms with Crippen molar-refractivity contribution >= 4 is 22.8 Å². The molecule has 102 valence electrons. The number of hydrogen-bond donors (Lipinski definition) is 0. The highest BCUT2D eigenvalue weighted by atomic mass is 35.5. The summed E-state index contributed by atoms with van der Waals surface area (Å²) in [6.07, 6.45) is 2.47. The van der Waals surface area contributed by atoms with Crippen molar-refractivity contribution in [2.45, 2.75) is 6.42 Å². The van der Waals surface area contributed by atoms with Crippen molar-refractivity contribution in [1.29, 1.82) is 0 Å². The highest BCUT2D eigenvalue weighted by molar-refractivity contribution is 6.32. The second-order valence-corrected chi connectivity index (χ2v) is 4.81. The molecule has 2 aromatic heterocycles. The van der Waals surface area contributed by atoms with Crippen molar-refractivity contribution in [2.75, 3.05) is 13.7 Å². The zero-order chi connectivity index (χ0) is 13.9. The van der Waals surface area contributed by atoms with Gasteiger partial charge in [-0.15, -0.1) is 0 Å². The van der Waals surface area contributed by atoms with Crippen LogP contribution < -0.4 is 0 Å². The lowest BCUT2D eigenvalue weighted by atomic mass is 10.3. The first kappa shape index (κ1) is 13.1. The molecule has 0 atom stereocenters. The predicted molar refractivity (Wildman–Crippen MR) is 79.5 cm³/mol. The molecule has 3 aromatic rings. The maximum absolute atomic E-state index is 6.31. The summed E-state index contributed by atoms with van der Waals surface area (Å²) in [4.78, 5) is 9.06. The van der Waals surface area contributed by atoms with Gasteiger partial charge in [0, 0.05) is 19.7 Å². The van der Waals surface area contributed by atoms with E-state index in [4.69, 9.17) is 16.3 Å². The number of halogens is 1. The molecule has 0 saturated heterocycles. The van der Waals surface area contributed by atoms with Gasteiger partial charge in [0.05, 0.1) is 17.3 Å². The lowest BCUT2D eigenvalue weighted by Gasteiger charge is -2.10.